The van der Waals surface area contributed by atoms with Crippen LogP contribution in [0.4, 0.5) is 0 Å². The van der Waals surface area contributed by atoms with Crippen molar-refractivity contribution in [3.8, 4) is 0 Å². The Morgan fingerprint density at radius 1 is 1.05 bits per heavy atom. The molecule has 0 heterocycles. The second kappa shape index (κ2) is 6.51. The molecule has 0 saturated heterocycles. The molecule has 110 valence electrons. The second-order valence-corrected chi connectivity index (χ2v) is 7.21. The summed E-state index contributed by atoms with van der Waals surface area (Å²) in [5.41, 5.74) is 2.75. The highest BCUT2D eigenvalue weighted by Gasteiger charge is 2.30. The first-order valence-electron chi connectivity index (χ1n) is 7.39. The third kappa shape index (κ3) is 3.68. The number of hydrogen-bond acceptors (Lipinski definition) is 1. The molecule has 2 aromatic carbocycles. The Kier molecular flexibility index (Phi) is 4.68. The van der Waals surface area contributed by atoms with Gasteiger partial charge in [-0.25, -0.2) is 0 Å². The summed E-state index contributed by atoms with van der Waals surface area (Å²) in [6.07, 6.45) is 2.42. The van der Waals surface area contributed by atoms with Crippen LogP contribution in [0.5, 0.6) is 0 Å². The number of nitrogens with one attached hydrogen (secondary N) is 1. The third-order valence-corrected chi connectivity index (χ3v) is 5.12. The van der Waals surface area contributed by atoms with Crippen molar-refractivity contribution in [1.29, 1.82) is 0 Å². The number of rotatable bonds is 4. The molecule has 0 aromatic heterocycles. The maximum atomic E-state index is 5.94. The highest BCUT2D eigenvalue weighted by molar-refractivity contribution is 9.10. The van der Waals surface area contributed by atoms with E-state index in [-0.39, 0.29) is 0 Å². The molecule has 1 aliphatic carbocycles. The van der Waals surface area contributed by atoms with Gasteiger partial charge in [0.05, 0.1) is 0 Å². The molecule has 2 aromatic rings. The molecule has 21 heavy (non-hydrogen) atoms. The standard InChI is InChI=1S/C18H19BrClN/c1-12(13-2-6-16(19)7-3-13)21-18-10-15(11-18)14-4-8-17(20)9-5-14/h2-9,12,15,18,21H,10-11H2,1H3/t12-,15?,18?/m1/s1. The van der Waals surface area contributed by atoms with Crippen molar-refractivity contribution in [3.63, 3.8) is 0 Å². The lowest BCUT2D eigenvalue weighted by Gasteiger charge is -2.38. The zero-order chi connectivity index (χ0) is 14.8. The van der Waals surface area contributed by atoms with Crippen molar-refractivity contribution in [2.75, 3.05) is 0 Å². The van der Waals surface area contributed by atoms with Gasteiger partial charge in [0.25, 0.3) is 0 Å². The van der Waals surface area contributed by atoms with Gasteiger partial charge in [0, 0.05) is 21.6 Å². The van der Waals surface area contributed by atoms with Gasteiger partial charge in [0.2, 0.25) is 0 Å². The van der Waals surface area contributed by atoms with E-state index in [0.29, 0.717) is 18.0 Å². The first-order valence-corrected chi connectivity index (χ1v) is 8.56. The summed E-state index contributed by atoms with van der Waals surface area (Å²) in [6.45, 7) is 2.23. The van der Waals surface area contributed by atoms with E-state index in [2.05, 4.69) is 64.6 Å². The zero-order valence-electron chi connectivity index (χ0n) is 12.0. The summed E-state index contributed by atoms with van der Waals surface area (Å²) in [5, 5.41) is 4.54. The maximum Gasteiger partial charge on any atom is 0.0406 e. The topological polar surface area (TPSA) is 12.0 Å². The first kappa shape index (κ1) is 15.1. The molecule has 3 rings (SSSR count). The molecule has 0 bridgehead atoms. The molecule has 1 nitrogen and oxygen atoms in total. The summed E-state index contributed by atoms with van der Waals surface area (Å²) in [6, 6.07) is 17.9. The molecule has 3 heteroatoms. The largest absolute Gasteiger partial charge is 0.307 e. The van der Waals surface area contributed by atoms with Crippen molar-refractivity contribution < 1.29 is 0 Å². The molecule has 0 aliphatic heterocycles. The first-order chi connectivity index (χ1) is 10.1. The van der Waals surface area contributed by atoms with E-state index in [0.717, 1.165) is 9.50 Å². The van der Waals surface area contributed by atoms with Gasteiger partial charge in [-0.3, -0.25) is 0 Å². The van der Waals surface area contributed by atoms with Gasteiger partial charge in [0.15, 0.2) is 0 Å². The number of hydrogen-bond donors (Lipinski definition) is 1. The lowest BCUT2D eigenvalue weighted by Crippen LogP contribution is -2.41. The van der Waals surface area contributed by atoms with Crippen LogP contribution < -0.4 is 5.32 Å². The number of halogens is 2. The van der Waals surface area contributed by atoms with Crippen LogP contribution in [0, 0.1) is 0 Å². The molecule has 0 radical (unpaired) electrons. The smallest absolute Gasteiger partial charge is 0.0406 e. The Morgan fingerprint density at radius 2 is 1.67 bits per heavy atom. The van der Waals surface area contributed by atoms with Crippen molar-refractivity contribution in [2.45, 2.75) is 37.8 Å². The Labute approximate surface area is 139 Å². The molecule has 0 amide bonds. The minimum absolute atomic E-state index is 0.397. The lowest BCUT2D eigenvalue weighted by molar-refractivity contribution is 0.271. The predicted molar refractivity (Wildman–Crippen MR) is 92.9 cm³/mol. The molecule has 1 N–H and O–H groups in total. The van der Waals surface area contributed by atoms with Gasteiger partial charge < -0.3 is 5.32 Å². The highest BCUT2D eigenvalue weighted by atomic mass is 79.9. The van der Waals surface area contributed by atoms with E-state index < -0.39 is 0 Å². The zero-order valence-corrected chi connectivity index (χ0v) is 14.4. The van der Waals surface area contributed by atoms with Crippen LogP contribution >= 0.6 is 27.5 Å². The van der Waals surface area contributed by atoms with Crippen LogP contribution in [0.15, 0.2) is 53.0 Å². The summed E-state index contributed by atoms with van der Waals surface area (Å²) in [4.78, 5) is 0. The van der Waals surface area contributed by atoms with E-state index in [1.807, 2.05) is 12.1 Å². The van der Waals surface area contributed by atoms with Gasteiger partial charge in [-0.1, -0.05) is 51.8 Å². The van der Waals surface area contributed by atoms with Crippen LogP contribution in [0.25, 0.3) is 0 Å². The van der Waals surface area contributed by atoms with Crippen LogP contribution in [0.3, 0.4) is 0 Å². The predicted octanol–water partition coefficient (Wildman–Crippen LogP) is 5.70. The van der Waals surface area contributed by atoms with Gasteiger partial charge in [-0.05, 0) is 61.1 Å². The van der Waals surface area contributed by atoms with Crippen LogP contribution in [0.1, 0.15) is 42.9 Å². The molecule has 0 spiro atoms. The number of benzene rings is 2. The van der Waals surface area contributed by atoms with Crippen molar-refractivity contribution in [3.05, 3.63) is 69.2 Å². The van der Waals surface area contributed by atoms with E-state index in [1.165, 1.54) is 24.0 Å². The van der Waals surface area contributed by atoms with E-state index in [4.69, 9.17) is 11.6 Å². The highest BCUT2D eigenvalue weighted by Crippen LogP contribution is 2.38. The van der Waals surface area contributed by atoms with Gasteiger partial charge >= 0.3 is 0 Å². The molecule has 0 unspecified atom stereocenters. The minimum Gasteiger partial charge on any atom is -0.307 e. The van der Waals surface area contributed by atoms with Crippen molar-refractivity contribution in [2.24, 2.45) is 0 Å². The molecule has 1 atom stereocenters. The average molecular weight is 365 g/mol. The molecule has 1 saturated carbocycles. The second-order valence-electron chi connectivity index (χ2n) is 5.86. The SMILES string of the molecule is C[C@@H](NC1CC(c2ccc(Cl)cc2)C1)c1ccc(Br)cc1. The Bertz CT molecular complexity index is 588. The van der Waals surface area contributed by atoms with Crippen LogP contribution in [-0.2, 0) is 0 Å². The van der Waals surface area contributed by atoms with Crippen molar-refractivity contribution in [1.82, 2.24) is 5.32 Å². The Morgan fingerprint density at radius 3 is 2.29 bits per heavy atom. The van der Waals surface area contributed by atoms with E-state index in [1.54, 1.807) is 0 Å². The molecular formula is C18H19BrClN. The molecular weight excluding hydrogens is 346 g/mol. The van der Waals surface area contributed by atoms with Crippen LogP contribution in [-0.4, -0.2) is 6.04 Å². The monoisotopic (exact) mass is 363 g/mol. The minimum atomic E-state index is 0.397. The van der Waals surface area contributed by atoms with Crippen molar-refractivity contribution >= 4 is 27.5 Å². The Hall–Kier alpha value is -0.830. The Balaban J connectivity index is 1.52. The van der Waals surface area contributed by atoms with E-state index in [9.17, 15) is 0 Å². The summed E-state index contributed by atoms with van der Waals surface area (Å²) in [5.74, 6) is 0.678. The maximum absolute atomic E-state index is 5.94. The lowest BCUT2D eigenvalue weighted by atomic mass is 9.75. The third-order valence-electron chi connectivity index (χ3n) is 4.34. The molecule has 1 aliphatic rings. The average Bonchev–Trinajstić information content (AvgIpc) is 2.44. The van der Waals surface area contributed by atoms with Gasteiger partial charge in [-0.2, -0.15) is 0 Å². The van der Waals surface area contributed by atoms with E-state index >= 15 is 0 Å². The summed E-state index contributed by atoms with van der Waals surface area (Å²) >= 11 is 9.42. The fourth-order valence-electron chi connectivity index (χ4n) is 2.96. The van der Waals surface area contributed by atoms with Gasteiger partial charge in [-0.15, -0.1) is 0 Å². The summed E-state index contributed by atoms with van der Waals surface area (Å²) in [7, 11) is 0. The molecule has 1 fully saturated rings. The fourth-order valence-corrected chi connectivity index (χ4v) is 3.35. The van der Waals surface area contributed by atoms with Gasteiger partial charge in [0.1, 0.15) is 0 Å². The quantitative estimate of drug-likeness (QED) is 0.734. The normalized spacial score (nSPS) is 22.6. The summed E-state index contributed by atoms with van der Waals surface area (Å²) < 4.78 is 1.13. The fraction of sp³-hybridized carbons (Fsp3) is 0.333. The van der Waals surface area contributed by atoms with Crippen LogP contribution in [0.2, 0.25) is 5.02 Å².